The van der Waals surface area contributed by atoms with Gasteiger partial charge in [0.2, 0.25) is 0 Å². The van der Waals surface area contributed by atoms with Crippen LogP contribution in [0.25, 0.3) is 11.1 Å². The summed E-state index contributed by atoms with van der Waals surface area (Å²) in [4.78, 5) is 0. The van der Waals surface area contributed by atoms with Crippen molar-refractivity contribution in [3.05, 3.63) is 53.8 Å². The van der Waals surface area contributed by atoms with Crippen LogP contribution in [-0.2, 0) is 6.54 Å². The van der Waals surface area contributed by atoms with Crippen LogP contribution in [0.3, 0.4) is 0 Å². The van der Waals surface area contributed by atoms with Gasteiger partial charge in [0.05, 0.1) is 7.11 Å². The highest BCUT2D eigenvalue weighted by Gasteiger charge is 2.10. The largest absolute Gasteiger partial charge is 0.496 e. The maximum absolute atomic E-state index is 13.7. The second-order valence-corrected chi connectivity index (χ2v) is 3.72. The van der Waals surface area contributed by atoms with Gasteiger partial charge in [0.15, 0.2) is 0 Å². The fraction of sp³-hybridized carbons (Fsp3) is 0.143. The lowest BCUT2D eigenvalue weighted by Gasteiger charge is -2.10. The highest BCUT2D eigenvalue weighted by Crippen LogP contribution is 2.32. The predicted molar refractivity (Wildman–Crippen MR) is 66.3 cm³/mol. The lowest BCUT2D eigenvalue weighted by molar-refractivity contribution is 0.415. The molecule has 0 aliphatic heterocycles. The van der Waals surface area contributed by atoms with E-state index in [2.05, 4.69) is 0 Å². The number of rotatable bonds is 3. The molecule has 88 valence electrons. The highest BCUT2D eigenvalue weighted by molar-refractivity contribution is 5.71. The van der Waals surface area contributed by atoms with E-state index in [4.69, 9.17) is 10.5 Å². The number of halogens is 1. The van der Waals surface area contributed by atoms with Gasteiger partial charge in [-0.2, -0.15) is 0 Å². The topological polar surface area (TPSA) is 35.2 Å². The second kappa shape index (κ2) is 4.97. The zero-order chi connectivity index (χ0) is 12.3. The number of hydrogen-bond acceptors (Lipinski definition) is 2. The molecule has 0 spiro atoms. The zero-order valence-electron chi connectivity index (χ0n) is 9.61. The van der Waals surface area contributed by atoms with Gasteiger partial charge >= 0.3 is 0 Å². The van der Waals surface area contributed by atoms with Crippen LogP contribution in [0.2, 0.25) is 0 Å². The summed E-state index contributed by atoms with van der Waals surface area (Å²) in [5.41, 5.74) is 7.80. The first-order valence-corrected chi connectivity index (χ1v) is 5.38. The van der Waals surface area contributed by atoms with Crippen LogP contribution in [0.4, 0.5) is 4.39 Å². The first-order valence-electron chi connectivity index (χ1n) is 5.38. The van der Waals surface area contributed by atoms with Crippen molar-refractivity contribution in [3.8, 4) is 16.9 Å². The van der Waals surface area contributed by atoms with E-state index in [0.29, 0.717) is 17.9 Å². The summed E-state index contributed by atoms with van der Waals surface area (Å²) >= 11 is 0. The summed E-state index contributed by atoms with van der Waals surface area (Å²) in [5, 5.41) is 0. The molecule has 17 heavy (non-hydrogen) atoms. The molecular formula is C14H14FNO. The standard InChI is InChI=1S/C14H14FNO/c1-17-14-8-10(9-16)6-7-12(14)11-4-2-3-5-13(11)15/h2-8H,9,16H2,1H3. The van der Waals surface area contributed by atoms with E-state index in [1.54, 1.807) is 25.3 Å². The maximum atomic E-state index is 13.7. The van der Waals surface area contributed by atoms with Crippen LogP contribution in [0, 0.1) is 5.82 Å². The summed E-state index contributed by atoms with van der Waals surface area (Å²) in [7, 11) is 1.57. The molecule has 2 aromatic rings. The smallest absolute Gasteiger partial charge is 0.131 e. The number of nitrogens with two attached hydrogens (primary N) is 1. The van der Waals surface area contributed by atoms with Gasteiger partial charge in [-0.3, -0.25) is 0 Å². The summed E-state index contributed by atoms with van der Waals surface area (Å²) in [6.45, 7) is 0.438. The number of benzene rings is 2. The van der Waals surface area contributed by atoms with E-state index >= 15 is 0 Å². The van der Waals surface area contributed by atoms with Crippen LogP contribution < -0.4 is 10.5 Å². The van der Waals surface area contributed by atoms with Crippen molar-refractivity contribution in [1.29, 1.82) is 0 Å². The van der Waals surface area contributed by atoms with Crippen molar-refractivity contribution in [1.82, 2.24) is 0 Å². The van der Waals surface area contributed by atoms with E-state index in [1.165, 1.54) is 6.07 Å². The lowest BCUT2D eigenvalue weighted by Crippen LogP contribution is -1.98. The van der Waals surface area contributed by atoms with Crippen molar-refractivity contribution < 1.29 is 9.13 Å². The van der Waals surface area contributed by atoms with Crippen LogP contribution in [0.15, 0.2) is 42.5 Å². The van der Waals surface area contributed by atoms with Crippen LogP contribution in [-0.4, -0.2) is 7.11 Å². The number of ether oxygens (including phenoxy) is 1. The summed E-state index contributed by atoms with van der Waals surface area (Å²) in [6, 6.07) is 12.2. The predicted octanol–water partition coefficient (Wildman–Crippen LogP) is 2.96. The van der Waals surface area contributed by atoms with E-state index in [-0.39, 0.29) is 5.82 Å². The molecule has 0 saturated heterocycles. The Kier molecular flexibility index (Phi) is 3.40. The minimum atomic E-state index is -0.258. The molecule has 2 nitrogen and oxygen atoms in total. The maximum Gasteiger partial charge on any atom is 0.131 e. The Labute approximate surface area is 99.8 Å². The number of methoxy groups -OCH3 is 1. The molecule has 2 N–H and O–H groups in total. The molecule has 0 amide bonds. The van der Waals surface area contributed by atoms with Crippen molar-refractivity contribution >= 4 is 0 Å². The summed E-state index contributed by atoms with van der Waals surface area (Å²) in [6.07, 6.45) is 0. The Morgan fingerprint density at radius 2 is 1.88 bits per heavy atom. The minimum Gasteiger partial charge on any atom is -0.496 e. The van der Waals surface area contributed by atoms with E-state index < -0.39 is 0 Å². The molecule has 0 saturated carbocycles. The molecule has 0 atom stereocenters. The minimum absolute atomic E-state index is 0.258. The molecule has 0 radical (unpaired) electrons. The molecule has 0 heterocycles. The molecule has 0 aliphatic carbocycles. The average molecular weight is 231 g/mol. The van der Waals surface area contributed by atoms with Gasteiger partial charge in [0.25, 0.3) is 0 Å². The van der Waals surface area contributed by atoms with Gasteiger partial charge in [0.1, 0.15) is 11.6 Å². The van der Waals surface area contributed by atoms with Crippen molar-refractivity contribution in [2.45, 2.75) is 6.54 Å². The van der Waals surface area contributed by atoms with Crippen molar-refractivity contribution in [2.24, 2.45) is 5.73 Å². The molecule has 2 rings (SSSR count). The summed E-state index contributed by atoms with van der Waals surface area (Å²) < 4.78 is 19.0. The average Bonchev–Trinajstić information content (AvgIpc) is 2.38. The Bertz CT molecular complexity index is 525. The van der Waals surface area contributed by atoms with Crippen LogP contribution in [0.5, 0.6) is 5.75 Å². The third kappa shape index (κ3) is 2.29. The van der Waals surface area contributed by atoms with Crippen LogP contribution in [0.1, 0.15) is 5.56 Å². The zero-order valence-corrected chi connectivity index (χ0v) is 9.61. The first kappa shape index (κ1) is 11.6. The SMILES string of the molecule is COc1cc(CN)ccc1-c1ccccc1F. The monoisotopic (exact) mass is 231 g/mol. The van der Waals surface area contributed by atoms with Gasteiger partial charge in [-0.25, -0.2) is 4.39 Å². The Hall–Kier alpha value is -1.87. The molecular weight excluding hydrogens is 217 g/mol. The fourth-order valence-corrected chi connectivity index (χ4v) is 1.76. The van der Waals surface area contributed by atoms with E-state index in [9.17, 15) is 4.39 Å². The van der Waals surface area contributed by atoms with Gasteiger partial charge in [-0.1, -0.05) is 30.3 Å². The third-order valence-corrected chi connectivity index (χ3v) is 2.67. The van der Waals surface area contributed by atoms with Gasteiger partial charge in [-0.05, 0) is 17.7 Å². The van der Waals surface area contributed by atoms with Gasteiger partial charge in [0, 0.05) is 17.7 Å². The molecule has 0 aliphatic rings. The number of hydrogen-bond donors (Lipinski definition) is 1. The summed E-state index contributed by atoms with van der Waals surface area (Å²) in [5.74, 6) is 0.379. The first-order chi connectivity index (χ1) is 8.26. The van der Waals surface area contributed by atoms with Crippen LogP contribution >= 0.6 is 0 Å². The molecule has 3 heteroatoms. The molecule has 0 fully saturated rings. The van der Waals surface area contributed by atoms with Gasteiger partial charge < -0.3 is 10.5 Å². The van der Waals surface area contributed by atoms with Crippen molar-refractivity contribution in [2.75, 3.05) is 7.11 Å². The highest BCUT2D eigenvalue weighted by atomic mass is 19.1. The van der Waals surface area contributed by atoms with E-state index in [0.717, 1.165) is 11.1 Å². The molecule has 0 bridgehead atoms. The van der Waals surface area contributed by atoms with Crippen molar-refractivity contribution in [3.63, 3.8) is 0 Å². The van der Waals surface area contributed by atoms with Gasteiger partial charge in [-0.15, -0.1) is 0 Å². The second-order valence-electron chi connectivity index (χ2n) is 3.72. The third-order valence-electron chi connectivity index (χ3n) is 2.67. The van der Waals surface area contributed by atoms with E-state index in [1.807, 2.05) is 18.2 Å². The lowest BCUT2D eigenvalue weighted by atomic mass is 10.0. The Morgan fingerprint density at radius 3 is 2.53 bits per heavy atom. The Balaban J connectivity index is 2.56. The molecule has 0 unspecified atom stereocenters. The molecule has 2 aromatic carbocycles. The molecule has 0 aromatic heterocycles. The fourth-order valence-electron chi connectivity index (χ4n) is 1.76. The normalized spacial score (nSPS) is 10.3. The Morgan fingerprint density at radius 1 is 1.12 bits per heavy atom. The quantitative estimate of drug-likeness (QED) is 0.881.